The second kappa shape index (κ2) is 5.83. The van der Waals surface area contributed by atoms with Crippen molar-refractivity contribution in [1.82, 2.24) is 10.3 Å². The van der Waals surface area contributed by atoms with Crippen molar-refractivity contribution >= 4 is 16.1 Å². The quantitative estimate of drug-likeness (QED) is 0.808. The summed E-state index contributed by atoms with van der Waals surface area (Å²) in [5, 5.41) is 0. The lowest BCUT2D eigenvalue weighted by atomic mass is 10.2. The number of aryl methyl sites for hydroxylation is 2. The Balaban J connectivity index is 2.87. The zero-order chi connectivity index (χ0) is 13.8. The summed E-state index contributed by atoms with van der Waals surface area (Å²) in [7, 11) is -3.79. The molecule has 0 spiro atoms. The smallest absolute Gasteiger partial charge is 0.422 e. The number of rotatable bonds is 4. The Morgan fingerprint density at radius 3 is 2.61 bits per heavy atom. The van der Waals surface area contributed by atoms with Gasteiger partial charge in [-0.2, -0.15) is 0 Å². The molecule has 1 amide bonds. The fraction of sp³-hybridized carbons (Fsp3) is 0.364. The average Bonchev–Trinajstić information content (AvgIpc) is 2.30. The zero-order valence-electron chi connectivity index (χ0n) is 10.5. The molecule has 18 heavy (non-hydrogen) atoms. The summed E-state index contributed by atoms with van der Waals surface area (Å²) in [5.41, 5.74) is 3.38. The largest absolute Gasteiger partial charge is 0.449 e. The Labute approximate surface area is 106 Å². The molecule has 0 aliphatic rings. The van der Waals surface area contributed by atoms with Gasteiger partial charge >= 0.3 is 6.09 Å². The standard InChI is InChI=1S/C11H16N2O4S/c1-4-17-11(14)12-13-18(15,16)10-7-8(2)5-6-9(10)3/h5-7,13H,4H2,1-3H3,(H,12,14). The van der Waals surface area contributed by atoms with Gasteiger partial charge in [-0.1, -0.05) is 12.1 Å². The Kier molecular flexibility index (Phi) is 4.69. The lowest BCUT2D eigenvalue weighted by Crippen LogP contribution is -2.42. The van der Waals surface area contributed by atoms with E-state index >= 15 is 0 Å². The van der Waals surface area contributed by atoms with Crippen LogP contribution in [0.15, 0.2) is 23.1 Å². The summed E-state index contributed by atoms with van der Waals surface area (Å²) < 4.78 is 28.4. The molecule has 0 radical (unpaired) electrons. The fourth-order valence-corrected chi connectivity index (χ4v) is 2.49. The zero-order valence-corrected chi connectivity index (χ0v) is 11.3. The van der Waals surface area contributed by atoms with Crippen LogP contribution in [0.2, 0.25) is 0 Å². The molecule has 0 bridgehead atoms. The van der Waals surface area contributed by atoms with Gasteiger partial charge in [-0.3, -0.25) is 0 Å². The van der Waals surface area contributed by atoms with Gasteiger partial charge in [-0.15, -0.1) is 4.83 Å². The van der Waals surface area contributed by atoms with E-state index in [1.807, 2.05) is 16.3 Å². The van der Waals surface area contributed by atoms with Crippen molar-refractivity contribution in [2.45, 2.75) is 25.7 Å². The second-order valence-electron chi connectivity index (χ2n) is 3.72. The van der Waals surface area contributed by atoms with Crippen molar-refractivity contribution in [1.29, 1.82) is 0 Å². The maximum absolute atomic E-state index is 11.9. The molecule has 0 heterocycles. The molecule has 100 valence electrons. The number of nitrogens with one attached hydrogen (secondary N) is 2. The van der Waals surface area contributed by atoms with E-state index in [9.17, 15) is 13.2 Å². The monoisotopic (exact) mass is 272 g/mol. The van der Waals surface area contributed by atoms with E-state index in [2.05, 4.69) is 4.74 Å². The maximum atomic E-state index is 11.9. The van der Waals surface area contributed by atoms with Gasteiger partial charge in [0, 0.05) is 0 Å². The van der Waals surface area contributed by atoms with Gasteiger partial charge in [0.15, 0.2) is 0 Å². The highest BCUT2D eigenvalue weighted by atomic mass is 32.2. The van der Waals surface area contributed by atoms with E-state index in [4.69, 9.17) is 0 Å². The van der Waals surface area contributed by atoms with Crippen molar-refractivity contribution in [2.24, 2.45) is 0 Å². The normalized spacial score (nSPS) is 11.1. The molecule has 0 saturated carbocycles. The van der Waals surface area contributed by atoms with Crippen LogP contribution in [-0.2, 0) is 14.8 Å². The summed E-state index contributed by atoms with van der Waals surface area (Å²) >= 11 is 0. The van der Waals surface area contributed by atoms with E-state index in [0.29, 0.717) is 5.56 Å². The minimum Gasteiger partial charge on any atom is -0.449 e. The molecule has 0 fully saturated rings. The second-order valence-corrected chi connectivity index (χ2v) is 5.37. The highest BCUT2D eigenvalue weighted by Gasteiger charge is 2.17. The van der Waals surface area contributed by atoms with Gasteiger partial charge < -0.3 is 4.74 Å². The number of hydrogen-bond acceptors (Lipinski definition) is 4. The molecule has 0 aliphatic carbocycles. The molecule has 2 N–H and O–H groups in total. The number of carbonyl (C=O) groups excluding carboxylic acids is 1. The molecule has 6 nitrogen and oxygen atoms in total. The molecule has 1 aromatic rings. The third-order valence-electron chi connectivity index (χ3n) is 2.20. The Morgan fingerprint density at radius 1 is 1.33 bits per heavy atom. The molecular formula is C11H16N2O4S. The van der Waals surface area contributed by atoms with Crippen LogP contribution in [0.3, 0.4) is 0 Å². The van der Waals surface area contributed by atoms with Crippen LogP contribution in [0.5, 0.6) is 0 Å². The number of carbonyl (C=O) groups is 1. The first-order valence-electron chi connectivity index (χ1n) is 5.38. The van der Waals surface area contributed by atoms with Crippen LogP contribution in [0.1, 0.15) is 18.1 Å². The van der Waals surface area contributed by atoms with Gasteiger partial charge in [0.25, 0.3) is 10.0 Å². The Hall–Kier alpha value is -1.60. The molecule has 7 heteroatoms. The molecule has 0 atom stereocenters. The summed E-state index contributed by atoms with van der Waals surface area (Å²) in [6.07, 6.45) is -0.841. The average molecular weight is 272 g/mol. The first kappa shape index (κ1) is 14.5. The van der Waals surface area contributed by atoms with Crippen molar-refractivity contribution in [2.75, 3.05) is 6.61 Å². The number of hydrogen-bond donors (Lipinski definition) is 2. The summed E-state index contributed by atoms with van der Waals surface area (Å²) in [6, 6.07) is 5.05. The number of ether oxygens (including phenoxy) is 1. The molecule has 0 aromatic heterocycles. The molecule has 0 saturated heterocycles. The minimum atomic E-state index is -3.79. The number of amides is 1. The van der Waals surface area contributed by atoms with Crippen LogP contribution >= 0.6 is 0 Å². The van der Waals surface area contributed by atoms with E-state index in [1.165, 1.54) is 6.07 Å². The first-order chi connectivity index (χ1) is 8.36. The van der Waals surface area contributed by atoms with Crippen LogP contribution in [0, 0.1) is 13.8 Å². The SMILES string of the molecule is CCOC(=O)NNS(=O)(=O)c1cc(C)ccc1C. The van der Waals surface area contributed by atoms with Gasteiger partial charge in [-0.25, -0.2) is 18.6 Å². The Morgan fingerprint density at radius 2 is 2.00 bits per heavy atom. The molecule has 1 rings (SSSR count). The molecule has 0 unspecified atom stereocenters. The summed E-state index contributed by atoms with van der Waals surface area (Å²) in [5.74, 6) is 0. The van der Waals surface area contributed by atoms with E-state index in [-0.39, 0.29) is 11.5 Å². The highest BCUT2D eigenvalue weighted by molar-refractivity contribution is 7.89. The highest BCUT2D eigenvalue weighted by Crippen LogP contribution is 2.15. The maximum Gasteiger partial charge on any atom is 0.422 e. The molecule has 1 aromatic carbocycles. The van der Waals surface area contributed by atoms with Crippen LogP contribution < -0.4 is 10.3 Å². The van der Waals surface area contributed by atoms with Gasteiger partial charge in [0.05, 0.1) is 11.5 Å². The number of benzene rings is 1. The van der Waals surface area contributed by atoms with Crippen LogP contribution in [-0.4, -0.2) is 21.1 Å². The first-order valence-corrected chi connectivity index (χ1v) is 6.87. The van der Waals surface area contributed by atoms with Crippen molar-refractivity contribution < 1.29 is 17.9 Å². The van der Waals surface area contributed by atoms with E-state index in [0.717, 1.165) is 5.56 Å². The van der Waals surface area contributed by atoms with Crippen molar-refractivity contribution in [3.63, 3.8) is 0 Å². The minimum absolute atomic E-state index is 0.124. The van der Waals surface area contributed by atoms with Crippen LogP contribution in [0.25, 0.3) is 0 Å². The van der Waals surface area contributed by atoms with Gasteiger partial charge in [-0.05, 0) is 38.0 Å². The molecule has 0 aliphatic heterocycles. The summed E-state index contributed by atoms with van der Waals surface area (Å²) in [6.45, 7) is 5.26. The predicted molar refractivity (Wildman–Crippen MR) is 66.4 cm³/mol. The number of sulfonamides is 1. The van der Waals surface area contributed by atoms with E-state index < -0.39 is 16.1 Å². The third-order valence-corrected chi connectivity index (χ3v) is 3.59. The van der Waals surface area contributed by atoms with Crippen LogP contribution in [0.4, 0.5) is 4.79 Å². The Bertz CT molecular complexity index is 540. The predicted octanol–water partition coefficient (Wildman–Crippen LogP) is 1.24. The number of hydrazine groups is 1. The van der Waals surface area contributed by atoms with Gasteiger partial charge in [0.1, 0.15) is 0 Å². The lowest BCUT2D eigenvalue weighted by Gasteiger charge is -2.10. The van der Waals surface area contributed by atoms with Crippen molar-refractivity contribution in [3.05, 3.63) is 29.3 Å². The fourth-order valence-electron chi connectivity index (χ4n) is 1.33. The molecular weight excluding hydrogens is 256 g/mol. The third kappa shape index (κ3) is 3.71. The lowest BCUT2D eigenvalue weighted by molar-refractivity contribution is 0.150. The topological polar surface area (TPSA) is 84.5 Å². The van der Waals surface area contributed by atoms with Crippen molar-refractivity contribution in [3.8, 4) is 0 Å². The van der Waals surface area contributed by atoms with E-state index in [1.54, 1.807) is 26.8 Å². The van der Waals surface area contributed by atoms with Gasteiger partial charge in [0.2, 0.25) is 0 Å². The summed E-state index contributed by atoms with van der Waals surface area (Å²) in [4.78, 5) is 13.1.